The molecular weight excluding hydrogens is 342 g/mol. The van der Waals surface area contributed by atoms with Gasteiger partial charge in [-0.05, 0) is 35.0 Å². The standard InChI is InChI=1S/C22H17NO4/c1-26-20-10-8-13-5-3-4-6-15(13)17(20)12-18-16-9-7-14(22(25)27-2)11-19(16)23-21(18)24/h3-12H,1-2H3,(H,23,24). The van der Waals surface area contributed by atoms with Gasteiger partial charge in [0.1, 0.15) is 5.75 Å². The molecule has 0 atom stereocenters. The molecule has 3 aromatic rings. The van der Waals surface area contributed by atoms with Crippen molar-refractivity contribution in [2.24, 2.45) is 0 Å². The Kier molecular flexibility index (Phi) is 4.12. The number of carbonyl (C=O) groups excluding carboxylic acids is 2. The van der Waals surface area contributed by atoms with Crippen molar-refractivity contribution in [2.45, 2.75) is 0 Å². The minimum Gasteiger partial charge on any atom is -0.496 e. The lowest BCUT2D eigenvalue weighted by molar-refractivity contribution is -0.110. The van der Waals surface area contributed by atoms with Gasteiger partial charge in [0.25, 0.3) is 5.91 Å². The van der Waals surface area contributed by atoms with Crippen LogP contribution >= 0.6 is 0 Å². The van der Waals surface area contributed by atoms with Crippen molar-refractivity contribution < 1.29 is 19.1 Å². The van der Waals surface area contributed by atoms with Crippen molar-refractivity contribution in [3.05, 3.63) is 71.3 Å². The monoisotopic (exact) mass is 359 g/mol. The molecule has 1 aliphatic rings. The quantitative estimate of drug-likeness (QED) is 0.564. The molecular formula is C22H17NO4. The van der Waals surface area contributed by atoms with Gasteiger partial charge in [-0.25, -0.2) is 4.79 Å². The van der Waals surface area contributed by atoms with E-state index in [0.717, 1.165) is 21.9 Å². The largest absolute Gasteiger partial charge is 0.496 e. The summed E-state index contributed by atoms with van der Waals surface area (Å²) in [6, 6.07) is 16.8. The molecule has 4 rings (SSSR count). The van der Waals surface area contributed by atoms with E-state index in [1.54, 1.807) is 25.3 Å². The van der Waals surface area contributed by atoms with E-state index in [1.165, 1.54) is 7.11 Å². The van der Waals surface area contributed by atoms with Gasteiger partial charge in [-0.1, -0.05) is 36.4 Å². The Labute approximate surface area is 156 Å². The summed E-state index contributed by atoms with van der Waals surface area (Å²) in [5, 5.41) is 4.87. The molecule has 5 nitrogen and oxygen atoms in total. The third-order valence-corrected chi connectivity index (χ3v) is 4.66. The van der Waals surface area contributed by atoms with E-state index in [4.69, 9.17) is 9.47 Å². The van der Waals surface area contributed by atoms with Crippen molar-refractivity contribution >= 4 is 40.0 Å². The van der Waals surface area contributed by atoms with Crippen molar-refractivity contribution in [1.82, 2.24) is 0 Å². The third kappa shape index (κ3) is 2.83. The molecule has 0 fully saturated rings. The zero-order valence-electron chi connectivity index (χ0n) is 14.9. The number of rotatable bonds is 3. The van der Waals surface area contributed by atoms with E-state index in [1.807, 2.05) is 42.5 Å². The van der Waals surface area contributed by atoms with E-state index in [-0.39, 0.29) is 5.91 Å². The predicted molar refractivity (Wildman–Crippen MR) is 105 cm³/mol. The van der Waals surface area contributed by atoms with E-state index < -0.39 is 5.97 Å². The second-order valence-electron chi connectivity index (χ2n) is 6.17. The van der Waals surface area contributed by atoms with Crippen molar-refractivity contribution in [2.75, 3.05) is 19.5 Å². The van der Waals surface area contributed by atoms with E-state index >= 15 is 0 Å². The fourth-order valence-electron chi connectivity index (χ4n) is 3.33. The fraction of sp³-hybridized carbons (Fsp3) is 0.0909. The topological polar surface area (TPSA) is 64.6 Å². The summed E-state index contributed by atoms with van der Waals surface area (Å²) in [5.74, 6) is 0.0239. The van der Waals surface area contributed by atoms with E-state index in [9.17, 15) is 9.59 Å². The smallest absolute Gasteiger partial charge is 0.337 e. The minimum atomic E-state index is -0.444. The number of esters is 1. The number of hydrogen-bond acceptors (Lipinski definition) is 4. The molecule has 0 bridgehead atoms. The third-order valence-electron chi connectivity index (χ3n) is 4.66. The Morgan fingerprint density at radius 1 is 1.04 bits per heavy atom. The minimum absolute atomic E-state index is 0.220. The second kappa shape index (κ2) is 6.61. The average Bonchev–Trinajstić information content (AvgIpc) is 3.02. The van der Waals surface area contributed by atoms with Crippen LogP contribution in [0.2, 0.25) is 0 Å². The van der Waals surface area contributed by atoms with Crippen molar-refractivity contribution in [3.8, 4) is 5.75 Å². The number of nitrogens with one attached hydrogen (secondary N) is 1. The first-order valence-corrected chi connectivity index (χ1v) is 8.44. The first-order valence-electron chi connectivity index (χ1n) is 8.44. The summed E-state index contributed by atoms with van der Waals surface area (Å²) in [6.45, 7) is 0. The summed E-state index contributed by atoms with van der Waals surface area (Å²) in [5.41, 5.74) is 3.08. The lowest BCUT2D eigenvalue weighted by Gasteiger charge is -2.10. The van der Waals surface area contributed by atoms with E-state index in [0.29, 0.717) is 22.6 Å². The van der Waals surface area contributed by atoms with Crippen LogP contribution in [0.25, 0.3) is 22.4 Å². The van der Waals surface area contributed by atoms with Gasteiger partial charge in [-0.15, -0.1) is 0 Å². The first kappa shape index (κ1) is 16.8. The summed E-state index contributed by atoms with van der Waals surface area (Å²) in [6.07, 6.45) is 1.83. The molecule has 0 aromatic heterocycles. The summed E-state index contributed by atoms with van der Waals surface area (Å²) < 4.78 is 10.3. The molecule has 0 saturated carbocycles. The number of benzene rings is 3. The Morgan fingerprint density at radius 3 is 2.63 bits per heavy atom. The Bertz CT molecular complexity index is 1110. The first-order chi connectivity index (χ1) is 13.1. The van der Waals surface area contributed by atoms with Crippen LogP contribution in [0.4, 0.5) is 5.69 Å². The van der Waals surface area contributed by atoms with Gasteiger partial charge in [0, 0.05) is 22.4 Å². The normalized spacial score (nSPS) is 14.1. The molecule has 5 heteroatoms. The molecule has 134 valence electrons. The highest BCUT2D eigenvalue weighted by Crippen LogP contribution is 2.37. The molecule has 1 amide bonds. The maximum Gasteiger partial charge on any atom is 0.337 e. The predicted octanol–water partition coefficient (Wildman–Crippen LogP) is 4.13. The molecule has 0 saturated heterocycles. The lowest BCUT2D eigenvalue weighted by Crippen LogP contribution is -2.04. The molecule has 0 aliphatic carbocycles. The fourth-order valence-corrected chi connectivity index (χ4v) is 3.33. The molecule has 27 heavy (non-hydrogen) atoms. The Hall–Kier alpha value is -3.60. The van der Waals surface area contributed by atoms with Crippen LogP contribution in [-0.2, 0) is 9.53 Å². The Morgan fingerprint density at radius 2 is 1.85 bits per heavy atom. The number of hydrogen-bond donors (Lipinski definition) is 1. The van der Waals surface area contributed by atoms with Gasteiger partial charge in [-0.3, -0.25) is 4.79 Å². The van der Waals surface area contributed by atoms with Gasteiger partial charge >= 0.3 is 5.97 Å². The van der Waals surface area contributed by atoms with Crippen LogP contribution in [0.15, 0.2) is 54.6 Å². The van der Waals surface area contributed by atoms with Crippen LogP contribution in [0.3, 0.4) is 0 Å². The van der Waals surface area contributed by atoms with Gasteiger partial charge in [0.05, 0.1) is 19.8 Å². The molecule has 0 spiro atoms. The number of fused-ring (bicyclic) bond motifs is 2. The maximum absolute atomic E-state index is 12.6. The average molecular weight is 359 g/mol. The number of carbonyl (C=O) groups is 2. The van der Waals surface area contributed by atoms with E-state index in [2.05, 4.69) is 5.32 Å². The van der Waals surface area contributed by atoms with Crippen molar-refractivity contribution in [1.29, 1.82) is 0 Å². The highest BCUT2D eigenvalue weighted by atomic mass is 16.5. The zero-order valence-corrected chi connectivity index (χ0v) is 14.9. The summed E-state index contributed by atoms with van der Waals surface area (Å²) >= 11 is 0. The number of methoxy groups -OCH3 is 2. The molecule has 0 unspecified atom stereocenters. The van der Waals surface area contributed by atoms with Crippen LogP contribution < -0.4 is 10.1 Å². The number of ether oxygens (including phenoxy) is 2. The number of anilines is 1. The van der Waals surface area contributed by atoms with Crippen LogP contribution in [0, 0.1) is 0 Å². The second-order valence-corrected chi connectivity index (χ2v) is 6.17. The maximum atomic E-state index is 12.6. The zero-order chi connectivity index (χ0) is 19.0. The van der Waals surface area contributed by atoms with Crippen LogP contribution in [-0.4, -0.2) is 26.1 Å². The van der Waals surface area contributed by atoms with Gasteiger partial charge in [0.2, 0.25) is 0 Å². The van der Waals surface area contributed by atoms with Crippen LogP contribution in [0.5, 0.6) is 5.75 Å². The summed E-state index contributed by atoms with van der Waals surface area (Å²) in [4.78, 5) is 24.3. The molecule has 0 radical (unpaired) electrons. The van der Waals surface area contributed by atoms with Gasteiger partial charge in [-0.2, -0.15) is 0 Å². The van der Waals surface area contributed by atoms with Gasteiger partial charge in [0.15, 0.2) is 0 Å². The number of amides is 1. The molecule has 1 heterocycles. The van der Waals surface area contributed by atoms with Gasteiger partial charge < -0.3 is 14.8 Å². The van der Waals surface area contributed by atoms with Crippen LogP contribution in [0.1, 0.15) is 21.5 Å². The molecule has 3 aromatic carbocycles. The lowest BCUT2D eigenvalue weighted by atomic mass is 9.98. The highest BCUT2D eigenvalue weighted by molar-refractivity contribution is 6.35. The van der Waals surface area contributed by atoms with Crippen molar-refractivity contribution in [3.63, 3.8) is 0 Å². The molecule has 1 N–H and O–H groups in total. The Balaban J connectivity index is 1.89. The summed E-state index contributed by atoms with van der Waals surface area (Å²) in [7, 11) is 2.93. The SMILES string of the molecule is COC(=O)c1ccc2c(c1)NC(=O)C2=Cc1c(OC)ccc2ccccc12. The highest BCUT2D eigenvalue weighted by Gasteiger charge is 2.26. The molecule has 1 aliphatic heterocycles.